The van der Waals surface area contributed by atoms with Crippen molar-refractivity contribution < 1.29 is 13.2 Å². The van der Waals surface area contributed by atoms with E-state index in [1.165, 1.54) is 11.0 Å². The molecule has 0 amide bonds. The van der Waals surface area contributed by atoms with Crippen LogP contribution in [-0.4, -0.2) is 19.3 Å². The zero-order chi connectivity index (χ0) is 13.2. The van der Waals surface area contributed by atoms with Crippen LogP contribution in [0.25, 0.3) is 0 Å². The van der Waals surface area contributed by atoms with E-state index in [0.717, 1.165) is 0 Å². The molecule has 0 aliphatic carbocycles. The monoisotopic (exact) mass is 266 g/mol. The Kier molecular flexibility index (Phi) is 4.14. The number of nitrogen functional groups attached to an aromatic ring is 1. The molecule has 0 bridgehead atoms. The summed E-state index contributed by atoms with van der Waals surface area (Å²) in [7, 11) is 0. The van der Waals surface area contributed by atoms with Gasteiger partial charge in [0, 0.05) is 12.2 Å². The van der Waals surface area contributed by atoms with Crippen LogP contribution in [0.3, 0.4) is 0 Å². The predicted octanol–water partition coefficient (Wildman–Crippen LogP) is 3.62. The Hall–Kier alpha value is -1.10. The minimum Gasteiger partial charge on any atom is -0.398 e. The molecular formula is C11H14ClF3N2. The van der Waals surface area contributed by atoms with Gasteiger partial charge >= 0.3 is 6.18 Å². The smallest absolute Gasteiger partial charge is 0.398 e. The third-order valence-corrected chi connectivity index (χ3v) is 2.74. The Morgan fingerprint density at radius 3 is 2.41 bits per heavy atom. The maximum Gasteiger partial charge on any atom is 0.405 e. The first-order chi connectivity index (χ1) is 7.74. The first kappa shape index (κ1) is 14.0. The highest BCUT2D eigenvalue weighted by Gasteiger charge is 2.30. The molecule has 1 aromatic carbocycles. The van der Waals surface area contributed by atoms with Crippen molar-refractivity contribution in [2.75, 3.05) is 23.7 Å². The molecule has 0 atom stereocenters. The van der Waals surface area contributed by atoms with E-state index in [2.05, 4.69) is 0 Å². The van der Waals surface area contributed by atoms with Gasteiger partial charge < -0.3 is 10.6 Å². The summed E-state index contributed by atoms with van der Waals surface area (Å²) < 4.78 is 37.2. The summed E-state index contributed by atoms with van der Waals surface area (Å²) in [5.74, 6) is 0. The number of halogens is 4. The van der Waals surface area contributed by atoms with E-state index in [-0.39, 0.29) is 11.6 Å². The number of rotatable bonds is 3. The van der Waals surface area contributed by atoms with Crippen molar-refractivity contribution in [2.24, 2.45) is 0 Å². The molecule has 0 spiro atoms. The van der Waals surface area contributed by atoms with Crippen LogP contribution >= 0.6 is 11.6 Å². The number of nitrogens with zero attached hydrogens (tertiary/aromatic N) is 1. The van der Waals surface area contributed by atoms with E-state index in [1.54, 1.807) is 19.9 Å². The Morgan fingerprint density at radius 2 is 1.94 bits per heavy atom. The summed E-state index contributed by atoms with van der Waals surface area (Å²) in [5, 5.41) is 0.270. The quantitative estimate of drug-likeness (QED) is 0.847. The molecule has 1 rings (SSSR count). The Labute approximate surface area is 103 Å². The van der Waals surface area contributed by atoms with Gasteiger partial charge in [-0.1, -0.05) is 11.6 Å². The average Bonchev–Trinajstić information content (AvgIpc) is 2.19. The number of alkyl halides is 3. The van der Waals surface area contributed by atoms with Gasteiger partial charge in [0.2, 0.25) is 0 Å². The molecule has 0 aliphatic heterocycles. The number of anilines is 2. The van der Waals surface area contributed by atoms with E-state index < -0.39 is 12.7 Å². The fraction of sp³-hybridized carbons (Fsp3) is 0.455. The van der Waals surface area contributed by atoms with Crippen LogP contribution in [0.1, 0.15) is 12.5 Å². The molecule has 2 nitrogen and oxygen atoms in total. The number of nitrogens with two attached hydrogens (primary N) is 1. The van der Waals surface area contributed by atoms with Crippen molar-refractivity contribution in [1.29, 1.82) is 0 Å². The molecule has 17 heavy (non-hydrogen) atoms. The Morgan fingerprint density at radius 1 is 1.35 bits per heavy atom. The molecule has 2 N–H and O–H groups in total. The van der Waals surface area contributed by atoms with E-state index in [4.69, 9.17) is 17.3 Å². The molecule has 96 valence electrons. The molecule has 0 heterocycles. The molecule has 0 saturated heterocycles. The summed E-state index contributed by atoms with van der Waals surface area (Å²) >= 11 is 5.83. The van der Waals surface area contributed by atoms with Gasteiger partial charge in [-0.05, 0) is 31.5 Å². The van der Waals surface area contributed by atoms with Gasteiger partial charge in [-0.25, -0.2) is 0 Å². The highest BCUT2D eigenvalue weighted by Crippen LogP contribution is 2.31. The summed E-state index contributed by atoms with van der Waals surface area (Å²) in [6.07, 6.45) is -4.24. The molecule has 0 aliphatic rings. The van der Waals surface area contributed by atoms with Gasteiger partial charge in [0.05, 0.1) is 10.7 Å². The van der Waals surface area contributed by atoms with Crippen LogP contribution in [0.2, 0.25) is 5.02 Å². The van der Waals surface area contributed by atoms with Crippen molar-refractivity contribution in [2.45, 2.75) is 20.0 Å². The van der Waals surface area contributed by atoms with E-state index in [1.807, 2.05) is 0 Å². The number of hydrogen-bond acceptors (Lipinski definition) is 2. The first-order valence-corrected chi connectivity index (χ1v) is 5.49. The Balaban J connectivity index is 3.08. The van der Waals surface area contributed by atoms with Crippen LogP contribution in [0.4, 0.5) is 24.5 Å². The van der Waals surface area contributed by atoms with E-state index >= 15 is 0 Å². The van der Waals surface area contributed by atoms with Crippen LogP contribution < -0.4 is 10.6 Å². The molecule has 0 fully saturated rings. The zero-order valence-corrected chi connectivity index (χ0v) is 10.4. The number of aryl methyl sites for hydroxylation is 1. The molecular weight excluding hydrogens is 253 g/mol. The van der Waals surface area contributed by atoms with Gasteiger partial charge in [-0.15, -0.1) is 0 Å². The van der Waals surface area contributed by atoms with Gasteiger partial charge in [-0.2, -0.15) is 13.2 Å². The van der Waals surface area contributed by atoms with Crippen molar-refractivity contribution in [3.05, 3.63) is 22.7 Å². The van der Waals surface area contributed by atoms with Crippen LogP contribution in [0.5, 0.6) is 0 Å². The molecule has 6 heteroatoms. The molecule has 0 saturated carbocycles. The lowest BCUT2D eigenvalue weighted by molar-refractivity contribution is -0.119. The van der Waals surface area contributed by atoms with Gasteiger partial charge in [0.25, 0.3) is 0 Å². The predicted molar refractivity (Wildman–Crippen MR) is 64.5 cm³/mol. The lowest BCUT2D eigenvalue weighted by Gasteiger charge is -2.26. The van der Waals surface area contributed by atoms with E-state index in [0.29, 0.717) is 16.9 Å². The van der Waals surface area contributed by atoms with Crippen LogP contribution in [-0.2, 0) is 0 Å². The van der Waals surface area contributed by atoms with Crippen molar-refractivity contribution >= 4 is 23.0 Å². The Bertz CT molecular complexity index is 404. The van der Waals surface area contributed by atoms with Crippen LogP contribution in [0, 0.1) is 6.92 Å². The maximum atomic E-state index is 12.4. The summed E-state index contributed by atoms with van der Waals surface area (Å²) in [5.41, 5.74) is 7.10. The minimum atomic E-state index is -4.24. The lowest BCUT2D eigenvalue weighted by atomic mass is 10.1. The van der Waals surface area contributed by atoms with Gasteiger partial charge in [0.15, 0.2) is 0 Å². The number of hydrogen-bond donors (Lipinski definition) is 1. The van der Waals surface area contributed by atoms with Gasteiger partial charge in [0.1, 0.15) is 6.54 Å². The normalized spacial score (nSPS) is 11.6. The van der Waals surface area contributed by atoms with Gasteiger partial charge in [-0.3, -0.25) is 0 Å². The van der Waals surface area contributed by atoms with Crippen molar-refractivity contribution in [1.82, 2.24) is 0 Å². The standard InChI is InChI=1S/C11H14ClF3N2/c1-3-17(6-11(13,14)15)10-5-8(12)9(16)4-7(10)2/h4-5H,3,6,16H2,1-2H3. The largest absolute Gasteiger partial charge is 0.405 e. The zero-order valence-electron chi connectivity index (χ0n) is 9.61. The summed E-state index contributed by atoms with van der Waals surface area (Å²) in [6.45, 7) is 2.63. The molecule has 0 radical (unpaired) electrons. The van der Waals surface area contributed by atoms with Crippen molar-refractivity contribution in [3.63, 3.8) is 0 Å². The topological polar surface area (TPSA) is 29.3 Å². The van der Waals surface area contributed by atoms with Crippen LogP contribution in [0.15, 0.2) is 12.1 Å². The molecule has 0 aromatic heterocycles. The fourth-order valence-corrected chi connectivity index (χ4v) is 1.78. The second-order valence-electron chi connectivity index (χ2n) is 3.79. The lowest BCUT2D eigenvalue weighted by Crippen LogP contribution is -2.34. The van der Waals surface area contributed by atoms with E-state index in [9.17, 15) is 13.2 Å². The number of benzene rings is 1. The molecule has 1 aromatic rings. The SMILES string of the molecule is CCN(CC(F)(F)F)c1cc(Cl)c(N)cc1C. The third kappa shape index (κ3) is 3.70. The average molecular weight is 267 g/mol. The summed E-state index contributed by atoms with van der Waals surface area (Å²) in [6, 6.07) is 3.05. The highest BCUT2D eigenvalue weighted by molar-refractivity contribution is 6.33. The second kappa shape index (κ2) is 5.04. The third-order valence-electron chi connectivity index (χ3n) is 2.41. The molecule has 0 unspecified atom stereocenters. The first-order valence-electron chi connectivity index (χ1n) is 5.12. The van der Waals surface area contributed by atoms with Crippen molar-refractivity contribution in [3.8, 4) is 0 Å². The highest BCUT2D eigenvalue weighted by atomic mass is 35.5. The second-order valence-corrected chi connectivity index (χ2v) is 4.20. The fourth-order valence-electron chi connectivity index (χ4n) is 1.62. The maximum absolute atomic E-state index is 12.4. The summed E-state index contributed by atoms with van der Waals surface area (Å²) in [4.78, 5) is 1.22. The minimum absolute atomic E-state index is 0.251.